The van der Waals surface area contributed by atoms with Gasteiger partial charge in [-0.25, -0.2) is 4.79 Å². The number of benzene rings is 3. The lowest BCUT2D eigenvalue weighted by Gasteiger charge is -2.26. The minimum absolute atomic E-state index is 0.285. The number of amides is 4. The Balaban J connectivity index is 1.45. The highest BCUT2D eigenvalue weighted by Gasteiger charge is 2.36. The molecule has 0 bridgehead atoms. The van der Waals surface area contributed by atoms with E-state index in [1.807, 2.05) is 74.5 Å². The first-order valence-corrected chi connectivity index (χ1v) is 11.5. The number of urea groups is 1. The van der Waals surface area contributed by atoms with Crippen LogP contribution in [0.15, 0.2) is 60.7 Å². The van der Waals surface area contributed by atoms with Gasteiger partial charge in [-0.15, -0.1) is 0 Å². The van der Waals surface area contributed by atoms with Crippen molar-refractivity contribution < 1.29 is 14.4 Å². The number of anilines is 1. The molecule has 1 heterocycles. The van der Waals surface area contributed by atoms with Crippen LogP contribution in [-0.2, 0) is 16.0 Å². The molecular weight excluding hydrogens is 428 g/mol. The molecule has 2 atom stereocenters. The van der Waals surface area contributed by atoms with Gasteiger partial charge in [0.25, 0.3) is 0 Å². The van der Waals surface area contributed by atoms with E-state index in [0.717, 1.165) is 33.2 Å². The third kappa shape index (κ3) is 5.03. The third-order valence-corrected chi connectivity index (χ3v) is 6.44. The van der Waals surface area contributed by atoms with Gasteiger partial charge in [0.1, 0.15) is 12.1 Å². The van der Waals surface area contributed by atoms with E-state index in [9.17, 15) is 14.4 Å². The number of para-hydroxylation sites is 1. The molecule has 0 unspecified atom stereocenters. The van der Waals surface area contributed by atoms with Crippen molar-refractivity contribution in [2.24, 2.45) is 5.73 Å². The van der Waals surface area contributed by atoms with Crippen LogP contribution < -0.4 is 16.4 Å². The van der Waals surface area contributed by atoms with Gasteiger partial charge in [-0.2, -0.15) is 0 Å². The zero-order valence-corrected chi connectivity index (χ0v) is 19.5. The molecule has 1 aliphatic heterocycles. The number of likely N-dealkylation sites (tertiary alicyclic amines) is 1. The quantitative estimate of drug-likeness (QED) is 0.525. The van der Waals surface area contributed by atoms with Crippen LogP contribution in [0.5, 0.6) is 0 Å². The molecule has 176 valence electrons. The second-order valence-corrected chi connectivity index (χ2v) is 8.90. The number of carbonyl (C=O) groups is 3. The van der Waals surface area contributed by atoms with Crippen LogP contribution in [0, 0.1) is 13.8 Å². The summed E-state index contributed by atoms with van der Waals surface area (Å²) in [5.41, 5.74) is 9.20. The molecule has 0 radical (unpaired) electrons. The van der Waals surface area contributed by atoms with Crippen LogP contribution in [0.25, 0.3) is 10.8 Å². The summed E-state index contributed by atoms with van der Waals surface area (Å²) >= 11 is 0. The molecule has 3 aromatic carbocycles. The normalized spacial score (nSPS) is 16.3. The number of fused-ring (bicyclic) bond motifs is 1. The van der Waals surface area contributed by atoms with E-state index >= 15 is 0 Å². The van der Waals surface area contributed by atoms with Crippen LogP contribution in [0.3, 0.4) is 0 Å². The number of primary amides is 1. The Morgan fingerprint density at radius 2 is 1.71 bits per heavy atom. The topological polar surface area (TPSA) is 105 Å². The van der Waals surface area contributed by atoms with Gasteiger partial charge in [0.2, 0.25) is 11.8 Å². The molecule has 0 aromatic heterocycles. The summed E-state index contributed by atoms with van der Waals surface area (Å²) in [6, 6.07) is 17.8. The molecule has 4 rings (SSSR count). The van der Waals surface area contributed by atoms with Gasteiger partial charge >= 0.3 is 6.03 Å². The summed E-state index contributed by atoms with van der Waals surface area (Å²) in [4.78, 5) is 39.8. The van der Waals surface area contributed by atoms with Gasteiger partial charge < -0.3 is 21.3 Å². The first-order chi connectivity index (χ1) is 16.3. The number of nitrogens with one attached hydrogen (secondary N) is 2. The predicted molar refractivity (Wildman–Crippen MR) is 133 cm³/mol. The Labute approximate surface area is 199 Å². The lowest BCUT2D eigenvalue weighted by molar-refractivity contribution is -0.129. The average Bonchev–Trinajstić information content (AvgIpc) is 3.31. The van der Waals surface area contributed by atoms with Crippen LogP contribution in [0.2, 0.25) is 0 Å². The Hall–Kier alpha value is -3.87. The van der Waals surface area contributed by atoms with Crippen LogP contribution in [0.4, 0.5) is 10.5 Å². The third-order valence-electron chi connectivity index (χ3n) is 6.44. The zero-order valence-electron chi connectivity index (χ0n) is 19.5. The Morgan fingerprint density at radius 3 is 2.41 bits per heavy atom. The number of aryl methyl sites for hydroxylation is 2. The number of hydrogen-bond donors (Lipinski definition) is 3. The van der Waals surface area contributed by atoms with Crippen LogP contribution in [0.1, 0.15) is 29.5 Å². The summed E-state index contributed by atoms with van der Waals surface area (Å²) in [5, 5.41) is 7.90. The molecule has 0 saturated carbocycles. The highest BCUT2D eigenvalue weighted by atomic mass is 16.2. The summed E-state index contributed by atoms with van der Waals surface area (Å²) in [7, 11) is 0. The Bertz CT molecular complexity index is 1220. The van der Waals surface area contributed by atoms with E-state index in [1.165, 1.54) is 4.90 Å². The summed E-state index contributed by atoms with van der Waals surface area (Å²) in [6.07, 6.45) is 1.53. The first kappa shape index (κ1) is 23.3. The van der Waals surface area contributed by atoms with Crippen LogP contribution >= 0.6 is 0 Å². The molecule has 1 fully saturated rings. The number of nitrogens with two attached hydrogens (primary N) is 1. The van der Waals surface area contributed by atoms with E-state index in [4.69, 9.17) is 5.73 Å². The van der Waals surface area contributed by atoms with Crippen molar-refractivity contribution in [3.63, 3.8) is 0 Å². The highest BCUT2D eigenvalue weighted by molar-refractivity contribution is 5.96. The van der Waals surface area contributed by atoms with Gasteiger partial charge in [0, 0.05) is 18.7 Å². The maximum atomic E-state index is 13.1. The van der Waals surface area contributed by atoms with Gasteiger partial charge in [-0.3, -0.25) is 9.59 Å². The fourth-order valence-corrected chi connectivity index (χ4v) is 4.56. The maximum Gasteiger partial charge on any atom is 0.322 e. The van der Waals surface area contributed by atoms with E-state index in [1.54, 1.807) is 0 Å². The predicted octanol–water partition coefficient (Wildman–Crippen LogP) is 3.67. The molecular formula is C27H30N4O3. The van der Waals surface area contributed by atoms with Gasteiger partial charge in [-0.1, -0.05) is 60.7 Å². The maximum absolute atomic E-state index is 13.1. The fourth-order valence-electron chi connectivity index (χ4n) is 4.56. The van der Waals surface area contributed by atoms with Crippen molar-refractivity contribution in [2.75, 3.05) is 11.9 Å². The van der Waals surface area contributed by atoms with Crippen molar-refractivity contribution in [2.45, 2.75) is 45.2 Å². The second kappa shape index (κ2) is 9.95. The van der Waals surface area contributed by atoms with E-state index in [0.29, 0.717) is 19.4 Å². The van der Waals surface area contributed by atoms with Crippen molar-refractivity contribution in [3.8, 4) is 0 Å². The Kier molecular flexibility index (Phi) is 6.82. The minimum atomic E-state index is -0.863. The molecule has 4 amide bonds. The highest BCUT2D eigenvalue weighted by Crippen LogP contribution is 2.23. The zero-order chi connectivity index (χ0) is 24.2. The summed E-state index contributed by atoms with van der Waals surface area (Å²) in [5.74, 6) is -0.968. The van der Waals surface area contributed by atoms with Gasteiger partial charge in [0.05, 0.1) is 0 Å². The van der Waals surface area contributed by atoms with E-state index in [-0.39, 0.29) is 18.4 Å². The molecule has 0 spiro atoms. The molecule has 1 saturated heterocycles. The lowest BCUT2D eigenvalue weighted by atomic mass is 10.0. The number of nitrogens with zero attached hydrogens (tertiary/aromatic N) is 1. The van der Waals surface area contributed by atoms with Crippen molar-refractivity contribution in [1.29, 1.82) is 0 Å². The van der Waals surface area contributed by atoms with E-state index < -0.39 is 18.0 Å². The van der Waals surface area contributed by atoms with E-state index in [2.05, 4.69) is 10.6 Å². The molecule has 7 heteroatoms. The molecule has 3 aromatic rings. The molecule has 1 aliphatic rings. The first-order valence-electron chi connectivity index (χ1n) is 11.5. The van der Waals surface area contributed by atoms with Gasteiger partial charge in [-0.05, 0) is 54.2 Å². The molecule has 7 nitrogen and oxygen atoms in total. The average molecular weight is 459 g/mol. The van der Waals surface area contributed by atoms with Crippen molar-refractivity contribution in [3.05, 3.63) is 77.4 Å². The van der Waals surface area contributed by atoms with Crippen LogP contribution in [-0.4, -0.2) is 41.4 Å². The number of hydrogen-bond acceptors (Lipinski definition) is 3. The molecule has 34 heavy (non-hydrogen) atoms. The van der Waals surface area contributed by atoms with Crippen molar-refractivity contribution in [1.82, 2.24) is 10.2 Å². The largest absolute Gasteiger partial charge is 0.368 e. The fraction of sp³-hybridized carbons (Fsp3) is 0.296. The minimum Gasteiger partial charge on any atom is -0.368 e. The standard InChI is InChI=1S/C27H30N4O3/c1-17-7-5-8-18(2)24(17)30-27(34)31-14-6-11-23(31)26(33)29-22(25(28)32)16-19-12-13-20-9-3-4-10-21(20)15-19/h3-5,7-10,12-13,15,22-23H,6,11,14,16H2,1-2H3,(H2,28,32)(H,29,33)(H,30,34)/t22-,23-/m0/s1. The number of carbonyl (C=O) groups excluding carboxylic acids is 3. The smallest absolute Gasteiger partial charge is 0.322 e. The summed E-state index contributed by atoms with van der Waals surface area (Å²) in [6.45, 7) is 4.34. The summed E-state index contributed by atoms with van der Waals surface area (Å²) < 4.78 is 0. The second-order valence-electron chi connectivity index (χ2n) is 8.90. The number of rotatable bonds is 6. The van der Waals surface area contributed by atoms with Gasteiger partial charge in [0.15, 0.2) is 0 Å². The monoisotopic (exact) mass is 458 g/mol. The Morgan fingerprint density at radius 1 is 1.00 bits per heavy atom. The molecule has 4 N–H and O–H groups in total. The van der Waals surface area contributed by atoms with Crippen molar-refractivity contribution >= 4 is 34.3 Å². The lowest BCUT2D eigenvalue weighted by Crippen LogP contribution is -2.53. The SMILES string of the molecule is Cc1cccc(C)c1NC(=O)N1CCC[C@H]1C(=O)N[C@@H](Cc1ccc2ccccc2c1)C(N)=O. The molecule has 0 aliphatic carbocycles.